The van der Waals surface area contributed by atoms with Crippen molar-refractivity contribution >= 4 is 5.91 Å². The van der Waals surface area contributed by atoms with Crippen LogP contribution in [0.4, 0.5) is 0 Å². The largest absolute Gasteiger partial charge is 0.348 e. The van der Waals surface area contributed by atoms with Crippen molar-refractivity contribution in [3.05, 3.63) is 35.9 Å². The van der Waals surface area contributed by atoms with E-state index in [9.17, 15) is 4.79 Å². The van der Waals surface area contributed by atoms with Crippen molar-refractivity contribution in [3.8, 4) is 0 Å². The Balaban J connectivity index is 2.37. The van der Waals surface area contributed by atoms with Gasteiger partial charge in [0.05, 0.1) is 12.6 Å². The fourth-order valence-corrected chi connectivity index (χ4v) is 1.86. The summed E-state index contributed by atoms with van der Waals surface area (Å²) in [6, 6.07) is 10.2. The minimum absolute atomic E-state index is 0.0711. The lowest BCUT2D eigenvalue weighted by atomic mass is 10.0. The number of rotatable bonds is 8. The number of unbranched alkanes of at least 4 members (excludes halogenated alkanes) is 1. The van der Waals surface area contributed by atoms with Crippen molar-refractivity contribution in [1.82, 2.24) is 10.6 Å². The Kier molecular flexibility index (Phi) is 7.11. The van der Waals surface area contributed by atoms with Gasteiger partial charge in [0.25, 0.3) is 0 Å². The van der Waals surface area contributed by atoms with Gasteiger partial charge in [0.1, 0.15) is 0 Å². The zero-order valence-electron chi connectivity index (χ0n) is 11.4. The van der Waals surface area contributed by atoms with E-state index in [0.29, 0.717) is 6.54 Å². The number of nitrogens with one attached hydrogen (secondary N) is 2. The first-order chi connectivity index (χ1) is 8.77. The average molecular weight is 248 g/mol. The molecule has 2 N–H and O–H groups in total. The van der Waals surface area contributed by atoms with Gasteiger partial charge >= 0.3 is 0 Å². The lowest BCUT2D eigenvalue weighted by Gasteiger charge is -2.17. The molecular formula is C15H24N2O. The molecule has 0 aromatic heterocycles. The summed E-state index contributed by atoms with van der Waals surface area (Å²) < 4.78 is 0. The Labute approximate surface area is 110 Å². The predicted octanol–water partition coefficient (Wildman–Crippen LogP) is 2.64. The summed E-state index contributed by atoms with van der Waals surface area (Å²) in [5.41, 5.74) is 1.17. The highest BCUT2D eigenvalue weighted by molar-refractivity contribution is 5.78. The molecule has 3 nitrogen and oxygen atoms in total. The molecule has 0 aliphatic rings. The van der Waals surface area contributed by atoms with Crippen molar-refractivity contribution < 1.29 is 4.79 Å². The molecule has 1 unspecified atom stereocenters. The molecule has 1 rings (SSSR count). The van der Waals surface area contributed by atoms with Crippen molar-refractivity contribution in [2.45, 2.75) is 39.2 Å². The smallest absolute Gasteiger partial charge is 0.234 e. The van der Waals surface area contributed by atoms with Crippen LogP contribution < -0.4 is 10.6 Å². The topological polar surface area (TPSA) is 41.1 Å². The highest BCUT2D eigenvalue weighted by Crippen LogP contribution is 2.15. The number of amides is 1. The van der Waals surface area contributed by atoms with E-state index in [4.69, 9.17) is 0 Å². The Morgan fingerprint density at radius 2 is 1.94 bits per heavy atom. The molecule has 1 aromatic rings. The van der Waals surface area contributed by atoms with Crippen LogP contribution >= 0.6 is 0 Å². The zero-order valence-corrected chi connectivity index (χ0v) is 11.4. The Bertz CT molecular complexity index is 338. The summed E-state index contributed by atoms with van der Waals surface area (Å²) in [4.78, 5) is 11.8. The van der Waals surface area contributed by atoms with Crippen molar-refractivity contribution in [3.63, 3.8) is 0 Å². The highest BCUT2D eigenvalue weighted by atomic mass is 16.1. The summed E-state index contributed by atoms with van der Waals surface area (Å²) in [5.74, 6) is 0.0711. The lowest BCUT2D eigenvalue weighted by Crippen LogP contribution is -2.36. The molecule has 0 spiro atoms. The second-order valence-corrected chi connectivity index (χ2v) is 4.47. The van der Waals surface area contributed by atoms with Gasteiger partial charge in [-0.1, -0.05) is 50.6 Å². The van der Waals surface area contributed by atoms with E-state index in [-0.39, 0.29) is 11.9 Å². The third-order valence-electron chi connectivity index (χ3n) is 2.94. The molecular weight excluding hydrogens is 224 g/mol. The van der Waals surface area contributed by atoms with Gasteiger partial charge in [-0.15, -0.1) is 0 Å². The molecule has 3 heteroatoms. The normalized spacial score (nSPS) is 12.1. The summed E-state index contributed by atoms with van der Waals surface area (Å²) in [5, 5.41) is 6.21. The van der Waals surface area contributed by atoms with E-state index in [0.717, 1.165) is 25.8 Å². The van der Waals surface area contributed by atoms with E-state index in [1.165, 1.54) is 5.56 Å². The third kappa shape index (κ3) is 5.32. The molecule has 0 fully saturated rings. The molecule has 0 saturated heterocycles. The Hall–Kier alpha value is -1.35. The first kappa shape index (κ1) is 14.7. The molecule has 0 radical (unpaired) electrons. The van der Waals surface area contributed by atoms with Gasteiger partial charge in [0.2, 0.25) is 5.91 Å². The van der Waals surface area contributed by atoms with Crippen LogP contribution in [-0.4, -0.2) is 19.0 Å². The minimum Gasteiger partial charge on any atom is -0.348 e. The van der Waals surface area contributed by atoms with Crippen LogP contribution in [0.15, 0.2) is 30.3 Å². The monoisotopic (exact) mass is 248 g/mol. The van der Waals surface area contributed by atoms with Crippen molar-refractivity contribution in [2.24, 2.45) is 0 Å². The van der Waals surface area contributed by atoms with E-state index in [2.05, 4.69) is 36.6 Å². The first-order valence-corrected chi connectivity index (χ1v) is 6.83. The minimum atomic E-state index is 0.0711. The maximum atomic E-state index is 11.8. The summed E-state index contributed by atoms with van der Waals surface area (Å²) in [6.07, 6.45) is 3.17. The number of hydrogen-bond acceptors (Lipinski definition) is 2. The van der Waals surface area contributed by atoms with Crippen molar-refractivity contribution in [2.75, 3.05) is 13.1 Å². The van der Waals surface area contributed by atoms with E-state index < -0.39 is 0 Å². The van der Waals surface area contributed by atoms with Crippen LogP contribution in [0, 0.1) is 0 Å². The molecule has 1 amide bonds. The predicted molar refractivity (Wildman–Crippen MR) is 75.4 cm³/mol. The van der Waals surface area contributed by atoms with Crippen LogP contribution in [0.1, 0.15) is 44.7 Å². The zero-order chi connectivity index (χ0) is 13.2. The van der Waals surface area contributed by atoms with E-state index in [1.54, 1.807) is 0 Å². The van der Waals surface area contributed by atoms with Gasteiger partial charge in [-0.2, -0.15) is 0 Å². The maximum Gasteiger partial charge on any atom is 0.234 e. The quantitative estimate of drug-likeness (QED) is 0.694. The van der Waals surface area contributed by atoms with Gasteiger partial charge < -0.3 is 10.6 Å². The second-order valence-electron chi connectivity index (χ2n) is 4.47. The van der Waals surface area contributed by atoms with Crippen LogP contribution in [0.25, 0.3) is 0 Å². The Morgan fingerprint density at radius 1 is 1.22 bits per heavy atom. The fraction of sp³-hybridized carbons (Fsp3) is 0.533. The third-order valence-corrected chi connectivity index (χ3v) is 2.94. The number of carbonyl (C=O) groups is 1. The molecule has 0 saturated carbocycles. The highest BCUT2D eigenvalue weighted by Gasteiger charge is 2.11. The van der Waals surface area contributed by atoms with Crippen LogP contribution in [0.3, 0.4) is 0 Å². The molecule has 18 heavy (non-hydrogen) atoms. The fourth-order valence-electron chi connectivity index (χ4n) is 1.86. The Morgan fingerprint density at radius 3 is 2.56 bits per heavy atom. The summed E-state index contributed by atoms with van der Waals surface area (Å²) in [7, 11) is 0. The molecule has 0 bridgehead atoms. The summed E-state index contributed by atoms with van der Waals surface area (Å²) in [6.45, 7) is 5.54. The SMILES string of the molecule is CCCCNCC(=O)NC(CC)c1ccccc1. The van der Waals surface area contributed by atoms with Gasteiger partial charge in [-0.3, -0.25) is 4.79 Å². The number of benzene rings is 1. The van der Waals surface area contributed by atoms with Gasteiger partial charge in [0, 0.05) is 0 Å². The van der Waals surface area contributed by atoms with E-state index in [1.807, 2.05) is 18.2 Å². The van der Waals surface area contributed by atoms with Gasteiger partial charge in [0.15, 0.2) is 0 Å². The molecule has 1 atom stereocenters. The van der Waals surface area contributed by atoms with Crippen LogP contribution in [-0.2, 0) is 4.79 Å². The second kappa shape index (κ2) is 8.70. The molecule has 100 valence electrons. The van der Waals surface area contributed by atoms with Crippen molar-refractivity contribution in [1.29, 1.82) is 0 Å². The lowest BCUT2D eigenvalue weighted by molar-refractivity contribution is -0.121. The van der Waals surface area contributed by atoms with Gasteiger partial charge in [-0.25, -0.2) is 0 Å². The maximum absolute atomic E-state index is 11.8. The first-order valence-electron chi connectivity index (χ1n) is 6.83. The molecule has 1 aromatic carbocycles. The van der Waals surface area contributed by atoms with E-state index >= 15 is 0 Å². The van der Waals surface area contributed by atoms with Crippen LogP contribution in [0.2, 0.25) is 0 Å². The average Bonchev–Trinajstić information content (AvgIpc) is 2.42. The molecule has 0 aliphatic carbocycles. The standard InChI is InChI=1S/C15H24N2O/c1-3-5-11-16-12-15(18)17-14(4-2)13-9-7-6-8-10-13/h6-10,14,16H,3-5,11-12H2,1-2H3,(H,17,18). The van der Waals surface area contributed by atoms with Crippen LogP contribution in [0.5, 0.6) is 0 Å². The molecule has 0 heterocycles. The molecule has 0 aliphatic heterocycles. The van der Waals surface area contributed by atoms with Gasteiger partial charge in [-0.05, 0) is 24.9 Å². The number of hydrogen-bond donors (Lipinski definition) is 2. The summed E-state index contributed by atoms with van der Waals surface area (Å²) >= 11 is 0. The number of carbonyl (C=O) groups excluding carboxylic acids is 1.